The molecule has 0 spiro atoms. The summed E-state index contributed by atoms with van der Waals surface area (Å²) in [4.78, 5) is 12.0. The maximum absolute atomic E-state index is 13.5. The van der Waals surface area contributed by atoms with Crippen LogP contribution in [0.3, 0.4) is 0 Å². The molecular weight excluding hydrogens is 405 g/mol. The van der Waals surface area contributed by atoms with E-state index in [0.29, 0.717) is 24.5 Å². The molecule has 0 unspecified atom stereocenters. The number of hydrogen-bond acceptors (Lipinski definition) is 6. The van der Waals surface area contributed by atoms with E-state index < -0.39 is 15.8 Å². The number of hydrogen-bond donors (Lipinski definition) is 1. The molecule has 1 saturated heterocycles. The molecule has 2 aliphatic heterocycles. The molecule has 0 radical (unpaired) electrons. The Morgan fingerprint density at radius 1 is 1.23 bits per heavy atom. The summed E-state index contributed by atoms with van der Waals surface area (Å²) >= 11 is 0. The van der Waals surface area contributed by atoms with E-state index in [1.165, 1.54) is 22.5 Å². The molecule has 3 heterocycles. The topological polar surface area (TPSA) is 78.4 Å². The van der Waals surface area contributed by atoms with Gasteiger partial charge in [0.05, 0.1) is 10.6 Å². The van der Waals surface area contributed by atoms with Crippen molar-refractivity contribution in [2.45, 2.75) is 43.5 Å². The standard InChI is InChI=1S/C21H28FN5O2S/c1-14-11-16(22)6-7-19(14)30(28,29)27-9-4-5-15(12-27)20-24-18-8-10-26(3)13-17(18)21(23-2)25-20/h6-7,11,15H,4-5,8-10,12-13H2,1-3H3,(H,23,24,25)/t15-/m1/s1. The van der Waals surface area contributed by atoms with Crippen LogP contribution in [-0.2, 0) is 23.0 Å². The highest BCUT2D eigenvalue weighted by Crippen LogP contribution is 2.32. The smallest absolute Gasteiger partial charge is 0.243 e. The van der Waals surface area contributed by atoms with Crippen molar-refractivity contribution in [2.24, 2.45) is 0 Å². The lowest BCUT2D eigenvalue weighted by Crippen LogP contribution is -2.40. The van der Waals surface area contributed by atoms with E-state index in [4.69, 9.17) is 9.97 Å². The van der Waals surface area contributed by atoms with Crippen LogP contribution in [-0.4, -0.2) is 61.3 Å². The number of anilines is 1. The molecule has 1 aromatic carbocycles. The molecule has 0 saturated carbocycles. The molecule has 162 valence electrons. The summed E-state index contributed by atoms with van der Waals surface area (Å²) in [6.45, 7) is 4.16. The lowest BCUT2D eigenvalue weighted by molar-refractivity contribution is 0.300. The van der Waals surface area contributed by atoms with Crippen molar-refractivity contribution in [3.05, 3.63) is 46.7 Å². The van der Waals surface area contributed by atoms with Crippen molar-refractivity contribution in [1.29, 1.82) is 0 Å². The molecular formula is C21H28FN5O2S. The van der Waals surface area contributed by atoms with Gasteiger partial charge in [0, 0.05) is 51.1 Å². The molecule has 0 aliphatic carbocycles. The van der Waals surface area contributed by atoms with Crippen LogP contribution in [0.1, 0.15) is 41.4 Å². The number of aromatic nitrogens is 2. The molecule has 1 N–H and O–H groups in total. The Morgan fingerprint density at radius 2 is 2.03 bits per heavy atom. The van der Waals surface area contributed by atoms with Crippen LogP contribution in [0.4, 0.5) is 10.2 Å². The predicted octanol–water partition coefficient (Wildman–Crippen LogP) is 2.52. The fourth-order valence-corrected chi connectivity index (χ4v) is 6.10. The number of sulfonamides is 1. The van der Waals surface area contributed by atoms with Crippen molar-refractivity contribution in [1.82, 2.24) is 19.2 Å². The number of rotatable bonds is 4. The van der Waals surface area contributed by atoms with Gasteiger partial charge in [-0.1, -0.05) is 0 Å². The lowest BCUT2D eigenvalue weighted by atomic mass is 9.97. The number of nitrogens with zero attached hydrogens (tertiary/aromatic N) is 4. The molecule has 1 aromatic heterocycles. The zero-order valence-corrected chi connectivity index (χ0v) is 18.5. The van der Waals surface area contributed by atoms with Crippen LogP contribution < -0.4 is 5.32 Å². The molecule has 7 nitrogen and oxygen atoms in total. The highest BCUT2D eigenvalue weighted by molar-refractivity contribution is 7.89. The van der Waals surface area contributed by atoms with Crippen molar-refractivity contribution >= 4 is 15.8 Å². The summed E-state index contributed by atoms with van der Waals surface area (Å²) in [5.41, 5.74) is 2.60. The van der Waals surface area contributed by atoms with E-state index in [1.54, 1.807) is 6.92 Å². The van der Waals surface area contributed by atoms with Gasteiger partial charge in [-0.15, -0.1) is 0 Å². The number of halogens is 1. The quantitative estimate of drug-likeness (QED) is 0.798. The number of piperidine rings is 1. The first-order valence-electron chi connectivity index (χ1n) is 10.3. The number of nitrogens with one attached hydrogen (secondary N) is 1. The van der Waals surface area contributed by atoms with Gasteiger partial charge in [-0.3, -0.25) is 0 Å². The minimum atomic E-state index is -3.70. The van der Waals surface area contributed by atoms with Crippen molar-refractivity contribution in [3.8, 4) is 0 Å². The van der Waals surface area contributed by atoms with Crippen LogP contribution in [0.15, 0.2) is 23.1 Å². The van der Waals surface area contributed by atoms with Gasteiger partial charge < -0.3 is 10.2 Å². The van der Waals surface area contributed by atoms with Crippen molar-refractivity contribution < 1.29 is 12.8 Å². The summed E-state index contributed by atoms with van der Waals surface area (Å²) in [5.74, 6) is 1.04. The number of benzene rings is 1. The molecule has 0 amide bonds. The second-order valence-electron chi connectivity index (χ2n) is 8.21. The van der Waals surface area contributed by atoms with Crippen LogP contribution in [0.5, 0.6) is 0 Å². The van der Waals surface area contributed by atoms with Gasteiger partial charge in [0.2, 0.25) is 10.0 Å². The molecule has 1 fully saturated rings. The molecule has 2 aliphatic rings. The second-order valence-corrected chi connectivity index (χ2v) is 10.1. The van der Waals surface area contributed by atoms with E-state index >= 15 is 0 Å². The van der Waals surface area contributed by atoms with E-state index in [9.17, 15) is 12.8 Å². The Labute approximate surface area is 177 Å². The SMILES string of the molecule is CNc1nc([C@@H]2CCCN(S(=O)(=O)c3ccc(F)cc3C)C2)nc2c1CN(C)CC2. The summed E-state index contributed by atoms with van der Waals surface area (Å²) < 4.78 is 41.4. The fraction of sp³-hybridized carbons (Fsp3) is 0.524. The Bertz CT molecular complexity index is 1040. The summed E-state index contributed by atoms with van der Waals surface area (Å²) in [5, 5.41) is 3.19. The average Bonchev–Trinajstić information content (AvgIpc) is 2.72. The summed E-state index contributed by atoms with van der Waals surface area (Å²) in [6.07, 6.45) is 2.44. The third-order valence-electron chi connectivity index (χ3n) is 6.01. The van der Waals surface area contributed by atoms with Gasteiger partial charge in [0.25, 0.3) is 0 Å². The van der Waals surface area contributed by atoms with Gasteiger partial charge in [-0.25, -0.2) is 22.8 Å². The molecule has 9 heteroatoms. The monoisotopic (exact) mass is 433 g/mol. The molecule has 30 heavy (non-hydrogen) atoms. The Hall–Kier alpha value is -2.10. The van der Waals surface area contributed by atoms with Crippen LogP contribution in [0.25, 0.3) is 0 Å². The first-order chi connectivity index (χ1) is 14.3. The highest BCUT2D eigenvalue weighted by atomic mass is 32.2. The first-order valence-corrected chi connectivity index (χ1v) is 11.8. The molecule has 2 aromatic rings. The second kappa shape index (κ2) is 8.20. The van der Waals surface area contributed by atoms with Crippen LogP contribution in [0.2, 0.25) is 0 Å². The van der Waals surface area contributed by atoms with E-state index in [2.05, 4.69) is 17.3 Å². The zero-order valence-electron chi connectivity index (χ0n) is 17.7. The number of aryl methyl sites for hydroxylation is 1. The highest BCUT2D eigenvalue weighted by Gasteiger charge is 2.34. The average molecular weight is 434 g/mol. The zero-order chi connectivity index (χ0) is 21.5. The first kappa shape index (κ1) is 21.1. The summed E-state index contributed by atoms with van der Waals surface area (Å²) in [6, 6.07) is 3.82. The maximum atomic E-state index is 13.5. The normalized spacial score (nSPS) is 20.7. The lowest BCUT2D eigenvalue weighted by Gasteiger charge is -2.33. The van der Waals surface area contributed by atoms with E-state index in [0.717, 1.165) is 49.4 Å². The third kappa shape index (κ3) is 3.93. The van der Waals surface area contributed by atoms with Gasteiger partial charge >= 0.3 is 0 Å². The van der Waals surface area contributed by atoms with Crippen molar-refractivity contribution in [2.75, 3.05) is 39.0 Å². The Morgan fingerprint density at radius 3 is 2.77 bits per heavy atom. The third-order valence-corrected chi connectivity index (χ3v) is 8.03. The van der Waals surface area contributed by atoms with Gasteiger partial charge in [-0.05, 0) is 50.6 Å². The maximum Gasteiger partial charge on any atom is 0.243 e. The number of likely N-dealkylation sites (N-methyl/N-ethyl adjacent to an activating group) is 1. The summed E-state index contributed by atoms with van der Waals surface area (Å²) in [7, 11) is 0.236. The van der Waals surface area contributed by atoms with Crippen LogP contribution in [0, 0.1) is 12.7 Å². The van der Waals surface area contributed by atoms with E-state index in [-0.39, 0.29) is 10.8 Å². The minimum Gasteiger partial charge on any atom is -0.373 e. The Balaban J connectivity index is 1.63. The predicted molar refractivity (Wildman–Crippen MR) is 113 cm³/mol. The molecule has 0 bridgehead atoms. The van der Waals surface area contributed by atoms with E-state index in [1.807, 2.05) is 7.05 Å². The van der Waals surface area contributed by atoms with Gasteiger partial charge in [-0.2, -0.15) is 4.31 Å². The van der Waals surface area contributed by atoms with Gasteiger partial charge in [0.1, 0.15) is 17.5 Å². The van der Waals surface area contributed by atoms with Crippen molar-refractivity contribution in [3.63, 3.8) is 0 Å². The van der Waals surface area contributed by atoms with Gasteiger partial charge in [0.15, 0.2) is 0 Å². The minimum absolute atomic E-state index is 0.0636. The van der Waals surface area contributed by atoms with Crippen LogP contribution >= 0.6 is 0 Å². The fourth-order valence-electron chi connectivity index (χ4n) is 4.37. The molecule has 4 rings (SSSR count). The largest absolute Gasteiger partial charge is 0.373 e. The molecule has 1 atom stereocenters. The number of fused-ring (bicyclic) bond motifs is 1. The Kier molecular flexibility index (Phi) is 5.78.